The number of ether oxygens (including phenoxy) is 3. The van der Waals surface area contributed by atoms with Crippen molar-refractivity contribution in [1.82, 2.24) is 10.2 Å². The number of halogens is 1. The fourth-order valence-electron chi connectivity index (χ4n) is 4.63. The first-order chi connectivity index (χ1) is 20.4. The predicted octanol–water partition coefficient (Wildman–Crippen LogP) is 4.11. The van der Waals surface area contributed by atoms with Gasteiger partial charge in [0, 0.05) is 17.1 Å². The molecule has 0 aliphatic carbocycles. The molecule has 2 N–H and O–H groups in total. The van der Waals surface area contributed by atoms with E-state index in [1.54, 1.807) is 30.3 Å². The van der Waals surface area contributed by atoms with Gasteiger partial charge in [-0.25, -0.2) is 9.89 Å². The topological polar surface area (TPSA) is 131 Å². The average molecular weight is 606 g/mol. The molecule has 0 fully saturated rings. The van der Waals surface area contributed by atoms with Crippen LogP contribution in [0.3, 0.4) is 0 Å². The largest absolute Gasteiger partial charge is 0.495 e. The molecule has 0 spiro atoms. The molecule has 11 nitrogen and oxygen atoms in total. The second-order valence-electron chi connectivity index (χ2n) is 9.40. The van der Waals surface area contributed by atoms with Crippen LogP contribution in [0.4, 0.5) is 11.4 Å². The van der Waals surface area contributed by atoms with Crippen molar-refractivity contribution in [3.05, 3.63) is 76.8 Å². The Morgan fingerprint density at radius 1 is 1.10 bits per heavy atom. The number of hydrogen-bond donors (Lipinski definition) is 2. The smallest absolute Gasteiger partial charge is 0.259 e. The van der Waals surface area contributed by atoms with Crippen LogP contribution in [0.1, 0.15) is 17.5 Å². The van der Waals surface area contributed by atoms with Gasteiger partial charge in [-0.1, -0.05) is 41.6 Å². The number of amides is 3. The number of anilines is 1. The van der Waals surface area contributed by atoms with Crippen molar-refractivity contribution in [3.63, 3.8) is 0 Å². The molecule has 3 aromatic carbocycles. The zero-order valence-electron chi connectivity index (χ0n) is 22.3. The number of methoxy groups -OCH3 is 1. The summed E-state index contributed by atoms with van der Waals surface area (Å²) in [6.07, 6.45) is -0.140. The standard InChI is InChI=1S/C29H24ClN5O6S/c1-39-22-9-7-17(30)11-20(22)32-26(37)14-42-29-34-19-5-3-2-4-18(19)27-33-21(28(38)35(27)29)12-25(36)31-13-16-6-8-23-24(10-16)41-15-40-23/h2-11,21H,12-15H2,1H3,(H,31,36)(H,32,37)/t21-/m1/s1. The summed E-state index contributed by atoms with van der Waals surface area (Å²) in [6, 6.07) is 16.7. The van der Waals surface area contributed by atoms with Gasteiger partial charge in [-0.2, -0.15) is 0 Å². The van der Waals surface area contributed by atoms with E-state index in [0.29, 0.717) is 50.2 Å². The lowest BCUT2D eigenvalue weighted by atomic mass is 10.1. The van der Waals surface area contributed by atoms with E-state index in [2.05, 4.69) is 20.6 Å². The maximum atomic E-state index is 13.5. The van der Waals surface area contributed by atoms with E-state index in [0.717, 1.165) is 17.3 Å². The first kappa shape index (κ1) is 27.6. The fraction of sp³-hybridized carbons (Fsp3) is 0.207. The number of benzene rings is 3. The van der Waals surface area contributed by atoms with E-state index < -0.39 is 6.04 Å². The number of thioether (sulfide) groups is 1. The number of para-hydroxylation sites is 1. The molecule has 0 saturated heterocycles. The number of rotatable bonds is 8. The highest BCUT2D eigenvalue weighted by molar-refractivity contribution is 8.14. The van der Waals surface area contributed by atoms with Crippen molar-refractivity contribution < 1.29 is 28.6 Å². The third-order valence-corrected chi connectivity index (χ3v) is 7.79. The van der Waals surface area contributed by atoms with Crippen LogP contribution in [0.25, 0.3) is 0 Å². The lowest BCUT2D eigenvalue weighted by Gasteiger charge is -2.25. The van der Waals surface area contributed by atoms with E-state index in [1.807, 2.05) is 30.3 Å². The number of nitrogens with one attached hydrogen (secondary N) is 2. The monoisotopic (exact) mass is 605 g/mol. The first-order valence-electron chi connectivity index (χ1n) is 12.9. The summed E-state index contributed by atoms with van der Waals surface area (Å²) in [5, 5.41) is 6.37. The third-order valence-electron chi connectivity index (χ3n) is 6.62. The van der Waals surface area contributed by atoms with Crippen molar-refractivity contribution in [2.75, 3.05) is 25.0 Å². The van der Waals surface area contributed by atoms with E-state index in [4.69, 9.17) is 25.8 Å². The maximum absolute atomic E-state index is 13.5. The van der Waals surface area contributed by atoms with Crippen LogP contribution in [-0.2, 0) is 20.9 Å². The van der Waals surface area contributed by atoms with Crippen LogP contribution < -0.4 is 24.8 Å². The molecule has 6 rings (SSSR count). The number of amidine groups is 2. The Hall–Kier alpha value is -4.55. The molecular formula is C29H24ClN5O6S. The summed E-state index contributed by atoms with van der Waals surface area (Å²) in [5.74, 6) is 1.04. The lowest BCUT2D eigenvalue weighted by molar-refractivity contribution is -0.128. The van der Waals surface area contributed by atoms with E-state index in [-0.39, 0.29) is 43.2 Å². The molecule has 3 aliphatic rings. The fourth-order valence-corrected chi connectivity index (χ4v) is 5.60. The Morgan fingerprint density at radius 3 is 2.79 bits per heavy atom. The molecular weight excluding hydrogens is 582 g/mol. The molecule has 0 aromatic heterocycles. The van der Waals surface area contributed by atoms with Gasteiger partial charge in [0.05, 0.1) is 30.7 Å². The van der Waals surface area contributed by atoms with Gasteiger partial charge < -0.3 is 24.8 Å². The van der Waals surface area contributed by atoms with E-state index in [9.17, 15) is 14.4 Å². The zero-order chi connectivity index (χ0) is 29.2. The molecule has 3 amide bonds. The quantitative estimate of drug-likeness (QED) is 0.395. The van der Waals surface area contributed by atoms with Crippen LogP contribution in [0.5, 0.6) is 17.2 Å². The average Bonchev–Trinajstić information content (AvgIpc) is 3.59. The highest BCUT2D eigenvalue weighted by atomic mass is 35.5. The van der Waals surface area contributed by atoms with Gasteiger partial charge in [0.25, 0.3) is 5.91 Å². The molecule has 0 bridgehead atoms. The molecule has 0 radical (unpaired) electrons. The summed E-state index contributed by atoms with van der Waals surface area (Å²) in [5.41, 5.74) is 2.56. The van der Waals surface area contributed by atoms with Crippen molar-refractivity contribution in [1.29, 1.82) is 0 Å². The zero-order valence-corrected chi connectivity index (χ0v) is 23.8. The van der Waals surface area contributed by atoms with Gasteiger partial charge in [0.2, 0.25) is 18.6 Å². The summed E-state index contributed by atoms with van der Waals surface area (Å²) < 4.78 is 16.0. The van der Waals surface area contributed by atoms with E-state index in [1.165, 1.54) is 12.0 Å². The Bertz CT molecular complexity index is 1660. The highest BCUT2D eigenvalue weighted by Gasteiger charge is 2.42. The number of nitrogens with zero attached hydrogens (tertiary/aromatic N) is 3. The molecule has 3 aromatic rings. The number of carbonyl (C=O) groups excluding carboxylic acids is 3. The van der Waals surface area contributed by atoms with Crippen LogP contribution >= 0.6 is 23.4 Å². The number of carbonyl (C=O) groups is 3. The second kappa shape index (κ2) is 11.7. The minimum Gasteiger partial charge on any atom is -0.495 e. The van der Waals surface area contributed by atoms with Crippen LogP contribution in [-0.4, -0.2) is 59.3 Å². The van der Waals surface area contributed by atoms with Gasteiger partial charge in [-0.3, -0.25) is 19.4 Å². The summed E-state index contributed by atoms with van der Waals surface area (Å²) in [7, 11) is 1.50. The number of fused-ring (bicyclic) bond motifs is 4. The van der Waals surface area contributed by atoms with Crippen molar-refractivity contribution in [2.45, 2.75) is 19.0 Å². The molecule has 0 saturated carbocycles. The molecule has 3 aliphatic heterocycles. The molecule has 13 heteroatoms. The second-order valence-corrected chi connectivity index (χ2v) is 10.8. The summed E-state index contributed by atoms with van der Waals surface area (Å²) in [4.78, 5) is 49.8. The van der Waals surface area contributed by atoms with Gasteiger partial charge in [0.15, 0.2) is 16.7 Å². The highest BCUT2D eigenvalue weighted by Crippen LogP contribution is 2.35. The lowest BCUT2D eigenvalue weighted by Crippen LogP contribution is -2.42. The van der Waals surface area contributed by atoms with Gasteiger partial charge >= 0.3 is 0 Å². The Kier molecular flexibility index (Phi) is 7.72. The van der Waals surface area contributed by atoms with Crippen LogP contribution in [0.2, 0.25) is 5.02 Å². The Balaban J connectivity index is 1.13. The number of hydrogen-bond acceptors (Lipinski definition) is 9. The molecule has 0 unspecified atom stereocenters. The minimum absolute atomic E-state index is 0.0472. The predicted molar refractivity (Wildman–Crippen MR) is 159 cm³/mol. The van der Waals surface area contributed by atoms with Crippen LogP contribution in [0, 0.1) is 0 Å². The van der Waals surface area contributed by atoms with Crippen molar-refractivity contribution in [3.8, 4) is 17.2 Å². The minimum atomic E-state index is -0.932. The van der Waals surface area contributed by atoms with E-state index >= 15 is 0 Å². The number of aliphatic imine (C=N–C) groups is 2. The van der Waals surface area contributed by atoms with Gasteiger partial charge in [0.1, 0.15) is 17.6 Å². The Labute approximate surface area is 249 Å². The molecule has 1 atom stereocenters. The molecule has 214 valence electrons. The maximum Gasteiger partial charge on any atom is 0.259 e. The normalized spacial score (nSPS) is 16.3. The molecule has 3 heterocycles. The first-order valence-corrected chi connectivity index (χ1v) is 14.3. The van der Waals surface area contributed by atoms with Crippen LogP contribution in [0.15, 0.2) is 70.6 Å². The van der Waals surface area contributed by atoms with Crippen molar-refractivity contribution >= 4 is 63.5 Å². The Morgan fingerprint density at radius 2 is 1.93 bits per heavy atom. The third kappa shape index (κ3) is 5.63. The molecule has 42 heavy (non-hydrogen) atoms. The summed E-state index contributed by atoms with van der Waals surface area (Å²) in [6.45, 7) is 0.425. The van der Waals surface area contributed by atoms with Crippen molar-refractivity contribution in [2.24, 2.45) is 9.98 Å². The summed E-state index contributed by atoms with van der Waals surface area (Å²) >= 11 is 7.17. The van der Waals surface area contributed by atoms with Gasteiger partial charge in [-0.15, -0.1) is 0 Å². The van der Waals surface area contributed by atoms with Gasteiger partial charge in [-0.05, 0) is 48.0 Å². The SMILES string of the molecule is COc1ccc(Cl)cc1NC(=O)CSC1=Nc2ccccc2C2=N[C@H](CC(=O)NCc3ccc4c(c3)OCO4)C(=O)N12.